The first kappa shape index (κ1) is 7.54. The SMILES string of the molecule is C=CNC1=NC[C@@H](Br)C=C1. The number of halogens is 1. The van der Waals surface area contributed by atoms with Crippen molar-refractivity contribution in [2.75, 3.05) is 6.54 Å². The van der Waals surface area contributed by atoms with E-state index in [0.29, 0.717) is 4.83 Å². The van der Waals surface area contributed by atoms with E-state index in [0.717, 1.165) is 12.4 Å². The summed E-state index contributed by atoms with van der Waals surface area (Å²) < 4.78 is 0. The van der Waals surface area contributed by atoms with Crippen LogP contribution in [0.1, 0.15) is 0 Å². The van der Waals surface area contributed by atoms with Gasteiger partial charge in [0, 0.05) is 0 Å². The summed E-state index contributed by atoms with van der Waals surface area (Å²) >= 11 is 3.42. The number of nitrogens with zero attached hydrogens (tertiary/aromatic N) is 1. The summed E-state index contributed by atoms with van der Waals surface area (Å²) in [5.41, 5.74) is 0. The number of nitrogens with one attached hydrogen (secondary N) is 1. The molecule has 1 atom stereocenters. The molecule has 0 radical (unpaired) electrons. The highest BCUT2D eigenvalue weighted by molar-refractivity contribution is 9.09. The van der Waals surface area contributed by atoms with Gasteiger partial charge in [-0.15, -0.1) is 0 Å². The molecule has 0 aromatic carbocycles. The van der Waals surface area contributed by atoms with Crippen LogP contribution < -0.4 is 5.32 Å². The quantitative estimate of drug-likeness (QED) is 0.638. The third kappa shape index (κ3) is 1.99. The lowest BCUT2D eigenvalue weighted by atomic mass is 10.3. The zero-order valence-electron chi connectivity index (χ0n) is 5.55. The second-order valence-corrected chi connectivity index (χ2v) is 3.13. The summed E-state index contributed by atoms with van der Waals surface area (Å²) in [7, 11) is 0. The van der Waals surface area contributed by atoms with Crippen LogP contribution in [0.15, 0.2) is 29.9 Å². The summed E-state index contributed by atoms with van der Waals surface area (Å²) in [6.45, 7) is 4.33. The maximum Gasteiger partial charge on any atom is 0.124 e. The summed E-state index contributed by atoms with van der Waals surface area (Å²) in [6.07, 6.45) is 5.61. The second-order valence-electron chi connectivity index (χ2n) is 1.95. The number of rotatable bonds is 1. The van der Waals surface area contributed by atoms with Crippen molar-refractivity contribution in [3.63, 3.8) is 0 Å². The summed E-state index contributed by atoms with van der Waals surface area (Å²) in [5.74, 6) is 0.880. The molecule has 54 valence electrons. The van der Waals surface area contributed by atoms with Crippen LogP contribution in [0.25, 0.3) is 0 Å². The zero-order valence-corrected chi connectivity index (χ0v) is 7.13. The Kier molecular flexibility index (Phi) is 2.68. The van der Waals surface area contributed by atoms with Gasteiger partial charge < -0.3 is 5.32 Å². The van der Waals surface area contributed by atoms with Crippen molar-refractivity contribution in [3.05, 3.63) is 24.9 Å². The molecular weight excluding hydrogens is 192 g/mol. The molecule has 0 aromatic heterocycles. The molecular formula is C7H9BrN2. The van der Waals surface area contributed by atoms with Crippen LogP contribution in [0.4, 0.5) is 0 Å². The first-order chi connectivity index (χ1) is 4.83. The zero-order chi connectivity index (χ0) is 7.40. The van der Waals surface area contributed by atoms with Crippen molar-refractivity contribution in [2.45, 2.75) is 4.83 Å². The van der Waals surface area contributed by atoms with E-state index in [9.17, 15) is 0 Å². The van der Waals surface area contributed by atoms with Crippen molar-refractivity contribution in [2.24, 2.45) is 4.99 Å². The van der Waals surface area contributed by atoms with Crippen LogP contribution in [-0.4, -0.2) is 17.2 Å². The van der Waals surface area contributed by atoms with Gasteiger partial charge in [-0.25, -0.2) is 0 Å². The van der Waals surface area contributed by atoms with Crippen molar-refractivity contribution in [1.29, 1.82) is 0 Å². The number of alkyl halides is 1. The third-order valence-corrected chi connectivity index (χ3v) is 1.74. The van der Waals surface area contributed by atoms with Gasteiger partial charge in [-0.2, -0.15) is 0 Å². The third-order valence-electron chi connectivity index (χ3n) is 1.15. The normalized spacial score (nSPS) is 23.7. The number of amidine groups is 1. The molecule has 0 aliphatic carbocycles. The van der Waals surface area contributed by atoms with Crippen molar-refractivity contribution in [3.8, 4) is 0 Å². The van der Waals surface area contributed by atoms with E-state index in [1.54, 1.807) is 6.20 Å². The fourth-order valence-electron chi connectivity index (χ4n) is 0.693. The van der Waals surface area contributed by atoms with E-state index in [1.165, 1.54) is 0 Å². The average molecular weight is 201 g/mol. The molecule has 0 saturated heterocycles. The molecule has 1 aliphatic heterocycles. The Labute approximate surface area is 68.9 Å². The largest absolute Gasteiger partial charge is 0.348 e. The monoisotopic (exact) mass is 200 g/mol. The average Bonchev–Trinajstić information content (AvgIpc) is 1.95. The highest BCUT2D eigenvalue weighted by atomic mass is 79.9. The fourth-order valence-corrected chi connectivity index (χ4v) is 0.990. The van der Waals surface area contributed by atoms with E-state index in [4.69, 9.17) is 0 Å². The molecule has 0 saturated carbocycles. The van der Waals surface area contributed by atoms with Crippen LogP contribution >= 0.6 is 15.9 Å². The van der Waals surface area contributed by atoms with Gasteiger partial charge in [-0.1, -0.05) is 28.6 Å². The van der Waals surface area contributed by atoms with Gasteiger partial charge in [0.15, 0.2) is 0 Å². The first-order valence-electron chi connectivity index (χ1n) is 3.07. The molecule has 1 heterocycles. The van der Waals surface area contributed by atoms with Crippen LogP contribution in [0.5, 0.6) is 0 Å². The van der Waals surface area contributed by atoms with E-state index >= 15 is 0 Å². The van der Waals surface area contributed by atoms with Crippen molar-refractivity contribution in [1.82, 2.24) is 5.32 Å². The van der Waals surface area contributed by atoms with Gasteiger partial charge in [0.1, 0.15) is 5.84 Å². The van der Waals surface area contributed by atoms with Gasteiger partial charge in [0.05, 0.1) is 11.4 Å². The maximum atomic E-state index is 4.20. The smallest absolute Gasteiger partial charge is 0.124 e. The van der Waals surface area contributed by atoms with E-state index in [-0.39, 0.29) is 0 Å². The predicted octanol–water partition coefficient (Wildman–Crippen LogP) is 1.45. The van der Waals surface area contributed by atoms with Crippen molar-refractivity contribution >= 4 is 21.8 Å². The molecule has 1 rings (SSSR count). The first-order valence-corrected chi connectivity index (χ1v) is 3.98. The van der Waals surface area contributed by atoms with Crippen LogP contribution in [-0.2, 0) is 0 Å². The summed E-state index contributed by atoms with van der Waals surface area (Å²) in [5, 5.41) is 2.91. The molecule has 0 amide bonds. The van der Waals surface area contributed by atoms with Crippen LogP contribution in [0.2, 0.25) is 0 Å². The van der Waals surface area contributed by atoms with E-state index < -0.39 is 0 Å². The number of dihydropyridines is 1. The Morgan fingerprint density at radius 3 is 3.20 bits per heavy atom. The Hall–Kier alpha value is -0.570. The predicted molar refractivity (Wildman–Crippen MR) is 47.5 cm³/mol. The van der Waals surface area contributed by atoms with Gasteiger partial charge in [-0.3, -0.25) is 4.99 Å². The molecule has 3 heteroatoms. The molecule has 10 heavy (non-hydrogen) atoms. The van der Waals surface area contributed by atoms with Crippen LogP contribution in [0, 0.1) is 0 Å². The summed E-state index contributed by atoms with van der Waals surface area (Å²) in [4.78, 5) is 4.59. The Balaban J connectivity index is 2.49. The Bertz CT molecular complexity index is 184. The maximum absolute atomic E-state index is 4.20. The van der Waals surface area contributed by atoms with E-state index in [1.807, 2.05) is 6.08 Å². The highest BCUT2D eigenvalue weighted by Gasteiger charge is 2.03. The standard InChI is InChI=1S/C7H9BrN2/c1-2-9-7-4-3-6(8)5-10-7/h2-4,6H,1,5H2,(H,9,10)/t6-/m0/s1. The van der Waals surface area contributed by atoms with Crippen molar-refractivity contribution < 1.29 is 0 Å². The van der Waals surface area contributed by atoms with Crippen LogP contribution in [0.3, 0.4) is 0 Å². The Morgan fingerprint density at radius 2 is 2.70 bits per heavy atom. The minimum atomic E-state index is 0.392. The highest BCUT2D eigenvalue weighted by Crippen LogP contribution is 2.05. The molecule has 0 unspecified atom stereocenters. The molecule has 2 nitrogen and oxygen atoms in total. The van der Waals surface area contributed by atoms with Gasteiger partial charge in [0.25, 0.3) is 0 Å². The second kappa shape index (κ2) is 3.56. The number of hydrogen-bond acceptors (Lipinski definition) is 2. The van der Waals surface area contributed by atoms with Gasteiger partial charge in [0.2, 0.25) is 0 Å². The minimum Gasteiger partial charge on any atom is -0.348 e. The minimum absolute atomic E-state index is 0.392. The van der Waals surface area contributed by atoms with Gasteiger partial charge >= 0.3 is 0 Å². The molecule has 0 bridgehead atoms. The topological polar surface area (TPSA) is 24.4 Å². The molecule has 0 fully saturated rings. The summed E-state index contributed by atoms with van der Waals surface area (Å²) in [6, 6.07) is 0. The van der Waals surface area contributed by atoms with Gasteiger partial charge in [-0.05, 0) is 12.3 Å². The fraction of sp³-hybridized carbons (Fsp3) is 0.286. The lowest BCUT2D eigenvalue weighted by molar-refractivity contribution is 1.00. The number of hydrogen-bond donors (Lipinski definition) is 1. The molecule has 1 aliphatic rings. The van der Waals surface area contributed by atoms with E-state index in [2.05, 4.69) is 38.9 Å². The molecule has 0 spiro atoms. The molecule has 0 aromatic rings. The molecule has 1 N–H and O–H groups in total. The number of aliphatic imine (C=N–C) groups is 1. The lowest BCUT2D eigenvalue weighted by Gasteiger charge is -2.08. The lowest BCUT2D eigenvalue weighted by Crippen LogP contribution is -2.19. The Morgan fingerprint density at radius 1 is 1.90 bits per heavy atom.